The number of β-amino-alcohol motifs (C(OH)–C–C–N with tert-alkyl or cyclic N) is 1. The Morgan fingerprint density at radius 2 is 2.05 bits per heavy atom. The molecule has 2 amide bonds. The molecule has 1 saturated heterocycles. The maximum Gasteiger partial charge on any atom is 0.326 e. The van der Waals surface area contributed by atoms with Gasteiger partial charge in [0.15, 0.2) is 0 Å². The summed E-state index contributed by atoms with van der Waals surface area (Å²) < 4.78 is 0. The smallest absolute Gasteiger partial charge is 0.326 e. The van der Waals surface area contributed by atoms with E-state index in [0.29, 0.717) is 13.0 Å². The highest BCUT2D eigenvalue weighted by molar-refractivity contribution is 5.83. The van der Waals surface area contributed by atoms with Crippen LogP contribution in [-0.2, 0) is 4.79 Å². The number of urea groups is 1. The fourth-order valence-corrected chi connectivity index (χ4v) is 2.24. The quantitative estimate of drug-likeness (QED) is 0.640. The van der Waals surface area contributed by atoms with Crippen molar-refractivity contribution in [2.75, 3.05) is 19.7 Å². The van der Waals surface area contributed by atoms with Gasteiger partial charge in [0, 0.05) is 32.2 Å². The first kappa shape index (κ1) is 15.7. The highest BCUT2D eigenvalue weighted by Crippen LogP contribution is 2.21. The van der Waals surface area contributed by atoms with E-state index in [1.165, 1.54) is 9.80 Å². The molecule has 0 unspecified atom stereocenters. The van der Waals surface area contributed by atoms with Gasteiger partial charge in [-0.15, -0.1) is 0 Å². The summed E-state index contributed by atoms with van der Waals surface area (Å²) in [5.74, 6) is -1.10. The van der Waals surface area contributed by atoms with E-state index in [-0.39, 0.29) is 25.6 Å². The Labute approximate surface area is 112 Å². The van der Waals surface area contributed by atoms with Crippen LogP contribution in [0.15, 0.2) is 0 Å². The molecule has 7 nitrogen and oxygen atoms in total. The van der Waals surface area contributed by atoms with Gasteiger partial charge in [-0.2, -0.15) is 0 Å². The molecule has 0 aliphatic carbocycles. The number of nitrogens with zero attached hydrogens (tertiary/aromatic N) is 2. The zero-order valence-electron chi connectivity index (χ0n) is 11.3. The third-order valence-corrected chi connectivity index (χ3v) is 3.24. The molecule has 1 heterocycles. The van der Waals surface area contributed by atoms with Crippen LogP contribution in [0.25, 0.3) is 0 Å². The molecule has 110 valence electrons. The first-order chi connectivity index (χ1) is 8.88. The number of hydrogen-bond acceptors (Lipinski definition) is 4. The van der Waals surface area contributed by atoms with Crippen molar-refractivity contribution in [2.24, 2.45) is 0 Å². The molecule has 0 saturated carbocycles. The Morgan fingerprint density at radius 3 is 2.53 bits per heavy atom. The van der Waals surface area contributed by atoms with Gasteiger partial charge in [-0.25, -0.2) is 9.59 Å². The van der Waals surface area contributed by atoms with E-state index >= 15 is 0 Å². The molecule has 0 spiro atoms. The molecular formula is C12H22N2O5. The van der Waals surface area contributed by atoms with Gasteiger partial charge in [-0.3, -0.25) is 0 Å². The van der Waals surface area contributed by atoms with Crippen molar-refractivity contribution in [1.29, 1.82) is 0 Å². The van der Waals surface area contributed by atoms with Gasteiger partial charge in [0.05, 0.1) is 6.10 Å². The standard InChI is InChI=1S/C12H22N2O5/c1-8(2)13(4-3-5-15)12(19)14-7-9(16)6-10(14)11(17)18/h8-10,15-16H,3-7H2,1-2H3,(H,17,18)/t9-,10-/m1/s1. The molecule has 0 bridgehead atoms. The number of aliphatic carboxylic acids is 1. The molecule has 0 aromatic carbocycles. The number of carboxylic acid groups (broad SMARTS) is 1. The Kier molecular flexibility index (Phi) is 5.56. The predicted octanol–water partition coefficient (Wildman–Crippen LogP) is -0.281. The van der Waals surface area contributed by atoms with Crippen molar-refractivity contribution in [1.82, 2.24) is 9.80 Å². The number of rotatable bonds is 5. The molecule has 19 heavy (non-hydrogen) atoms. The van der Waals surface area contributed by atoms with Crippen LogP contribution >= 0.6 is 0 Å². The topological polar surface area (TPSA) is 101 Å². The Hall–Kier alpha value is -1.34. The predicted molar refractivity (Wildman–Crippen MR) is 67.7 cm³/mol. The van der Waals surface area contributed by atoms with Crippen LogP contribution in [0.4, 0.5) is 4.79 Å². The van der Waals surface area contributed by atoms with E-state index in [0.717, 1.165) is 0 Å². The number of aliphatic hydroxyl groups is 2. The van der Waals surface area contributed by atoms with Crippen molar-refractivity contribution in [2.45, 2.75) is 44.9 Å². The summed E-state index contributed by atoms with van der Waals surface area (Å²) in [4.78, 5) is 26.2. The molecule has 1 aliphatic heterocycles. The number of aliphatic hydroxyl groups excluding tert-OH is 2. The SMILES string of the molecule is CC(C)N(CCCO)C(=O)N1C[C@H](O)C[C@@H]1C(=O)O. The van der Waals surface area contributed by atoms with Gasteiger partial charge in [-0.1, -0.05) is 0 Å². The van der Waals surface area contributed by atoms with E-state index in [1.54, 1.807) is 0 Å². The molecule has 0 radical (unpaired) electrons. The fourth-order valence-electron chi connectivity index (χ4n) is 2.24. The molecule has 1 aliphatic rings. The van der Waals surface area contributed by atoms with Crippen LogP contribution in [0.3, 0.4) is 0 Å². The minimum atomic E-state index is -1.10. The molecule has 1 rings (SSSR count). The summed E-state index contributed by atoms with van der Waals surface area (Å²) in [6.07, 6.45) is -0.290. The second kappa shape index (κ2) is 6.72. The average Bonchev–Trinajstić information content (AvgIpc) is 2.71. The minimum Gasteiger partial charge on any atom is -0.480 e. The van der Waals surface area contributed by atoms with E-state index in [2.05, 4.69) is 0 Å². The summed E-state index contributed by atoms with van der Waals surface area (Å²) in [5.41, 5.74) is 0. The lowest BCUT2D eigenvalue weighted by molar-refractivity contribution is -0.141. The lowest BCUT2D eigenvalue weighted by atomic mass is 10.2. The van der Waals surface area contributed by atoms with E-state index in [4.69, 9.17) is 10.2 Å². The van der Waals surface area contributed by atoms with Gasteiger partial charge < -0.3 is 25.1 Å². The minimum absolute atomic E-state index is 0.0263. The van der Waals surface area contributed by atoms with E-state index < -0.39 is 24.1 Å². The molecule has 2 atom stereocenters. The number of amides is 2. The molecule has 0 aromatic heterocycles. The summed E-state index contributed by atoms with van der Waals surface area (Å²) in [5, 5.41) is 27.5. The second-order valence-corrected chi connectivity index (χ2v) is 5.04. The largest absolute Gasteiger partial charge is 0.480 e. The van der Waals surface area contributed by atoms with Gasteiger partial charge >= 0.3 is 12.0 Å². The monoisotopic (exact) mass is 274 g/mol. The zero-order valence-corrected chi connectivity index (χ0v) is 11.3. The number of carboxylic acids is 1. The Balaban J connectivity index is 2.80. The molecule has 7 heteroatoms. The van der Waals surface area contributed by atoms with Crippen molar-refractivity contribution >= 4 is 12.0 Å². The van der Waals surface area contributed by atoms with Gasteiger partial charge in [0.2, 0.25) is 0 Å². The Morgan fingerprint density at radius 1 is 1.42 bits per heavy atom. The number of carbonyl (C=O) groups is 2. The lowest BCUT2D eigenvalue weighted by Crippen LogP contribution is -2.50. The van der Waals surface area contributed by atoms with Crippen molar-refractivity contribution in [3.8, 4) is 0 Å². The number of likely N-dealkylation sites (tertiary alicyclic amines) is 1. The third-order valence-electron chi connectivity index (χ3n) is 3.24. The van der Waals surface area contributed by atoms with E-state index in [9.17, 15) is 14.7 Å². The maximum atomic E-state index is 12.3. The maximum absolute atomic E-state index is 12.3. The van der Waals surface area contributed by atoms with Gasteiger partial charge in [-0.05, 0) is 20.3 Å². The first-order valence-corrected chi connectivity index (χ1v) is 6.47. The lowest BCUT2D eigenvalue weighted by Gasteiger charge is -2.32. The van der Waals surface area contributed by atoms with Crippen LogP contribution in [0.1, 0.15) is 26.7 Å². The third kappa shape index (κ3) is 3.81. The Bertz CT molecular complexity index is 334. The van der Waals surface area contributed by atoms with Crippen LogP contribution in [0, 0.1) is 0 Å². The highest BCUT2D eigenvalue weighted by atomic mass is 16.4. The van der Waals surface area contributed by atoms with Crippen LogP contribution < -0.4 is 0 Å². The van der Waals surface area contributed by atoms with Crippen LogP contribution in [0.5, 0.6) is 0 Å². The summed E-state index contributed by atoms with van der Waals surface area (Å²) >= 11 is 0. The number of carbonyl (C=O) groups excluding carboxylic acids is 1. The first-order valence-electron chi connectivity index (χ1n) is 6.47. The number of hydrogen-bond donors (Lipinski definition) is 3. The summed E-state index contributed by atoms with van der Waals surface area (Å²) in [6.45, 7) is 4.04. The zero-order chi connectivity index (χ0) is 14.6. The second-order valence-electron chi connectivity index (χ2n) is 5.04. The molecular weight excluding hydrogens is 252 g/mol. The summed E-state index contributed by atoms with van der Waals surface area (Å²) in [6, 6.07) is -1.46. The van der Waals surface area contributed by atoms with Crippen LogP contribution in [-0.4, -0.2) is 75.0 Å². The normalized spacial score (nSPS) is 22.9. The fraction of sp³-hybridized carbons (Fsp3) is 0.833. The average molecular weight is 274 g/mol. The van der Waals surface area contributed by atoms with Gasteiger partial charge in [0.1, 0.15) is 6.04 Å². The van der Waals surface area contributed by atoms with Crippen molar-refractivity contribution < 1.29 is 24.9 Å². The van der Waals surface area contributed by atoms with E-state index in [1.807, 2.05) is 13.8 Å². The molecule has 1 fully saturated rings. The van der Waals surface area contributed by atoms with Crippen LogP contribution in [0.2, 0.25) is 0 Å². The van der Waals surface area contributed by atoms with Crippen molar-refractivity contribution in [3.63, 3.8) is 0 Å². The summed E-state index contributed by atoms with van der Waals surface area (Å²) in [7, 11) is 0. The molecule has 0 aromatic rings. The highest BCUT2D eigenvalue weighted by Gasteiger charge is 2.40. The van der Waals surface area contributed by atoms with Crippen molar-refractivity contribution in [3.05, 3.63) is 0 Å². The molecule has 3 N–H and O–H groups in total. The van der Waals surface area contributed by atoms with Gasteiger partial charge in [0.25, 0.3) is 0 Å².